The lowest BCUT2D eigenvalue weighted by Crippen LogP contribution is -2.35. The van der Waals surface area contributed by atoms with Crippen molar-refractivity contribution >= 4 is 5.91 Å². The van der Waals surface area contributed by atoms with Crippen LogP contribution in [-0.2, 0) is 20.8 Å². The van der Waals surface area contributed by atoms with Gasteiger partial charge >= 0.3 is 0 Å². The lowest BCUT2D eigenvalue weighted by Gasteiger charge is -2.27. The van der Waals surface area contributed by atoms with Gasteiger partial charge in [-0.3, -0.25) is 14.7 Å². The molecule has 24 heavy (non-hydrogen) atoms. The first-order chi connectivity index (χ1) is 11.8. The highest BCUT2D eigenvalue weighted by Gasteiger charge is 2.30. The van der Waals surface area contributed by atoms with Crippen LogP contribution in [0.1, 0.15) is 37.1 Å². The molecule has 1 aromatic heterocycles. The number of nitrogens with zero attached hydrogens (tertiary/aromatic N) is 3. The predicted octanol–water partition coefficient (Wildman–Crippen LogP) is 1.61. The zero-order valence-corrected chi connectivity index (χ0v) is 14.4. The molecule has 1 amide bonds. The summed E-state index contributed by atoms with van der Waals surface area (Å²) in [7, 11) is 0. The van der Waals surface area contributed by atoms with Crippen LogP contribution in [-0.4, -0.2) is 66.8 Å². The second kappa shape index (κ2) is 8.55. The van der Waals surface area contributed by atoms with E-state index in [9.17, 15) is 4.79 Å². The Morgan fingerprint density at radius 3 is 2.88 bits per heavy atom. The van der Waals surface area contributed by atoms with Crippen LogP contribution in [0.2, 0.25) is 0 Å². The molecule has 3 heterocycles. The number of morpholine rings is 1. The quantitative estimate of drug-likeness (QED) is 0.792. The van der Waals surface area contributed by atoms with Crippen LogP contribution in [0.5, 0.6) is 0 Å². The minimum Gasteiger partial charge on any atom is -0.379 e. The fourth-order valence-electron chi connectivity index (χ4n) is 3.39. The predicted molar refractivity (Wildman–Crippen MR) is 90.5 cm³/mol. The zero-order valence-electron chi connectivity index (χ0n) is 14.4. The van der Waals surface area contributed by atoms with Crippen LogP contribution in [0.4, 0.5) is 0 Å². The monoisotopic (exact) mass is 333 g/mol. The number of rotatable bonds is 6. The standard InChI is InChI=1S/C18H27N3O3/c1-2-23-14-18(22)21-7-3-4-17(21)16-6-5-15(12-19-16)13-20-8-10-24-11-9-20/h5-6,12,17H,2-4,7-11,13-14H2,1H3/t17-/m1/s1. The Labute approximate surface area is 143 Å². The Hall–Kier alpha value is -1.50. The van der Waals surface area contributed by atoms with Gasteiger partial charge in [-0.15, -0.1) is 0 Å². The maximum atomic E-state index is 12.3. The van der Waals surface area contributed by atoms with E-state index < -0.39 is 0 Å². The number of hydrogen-bond donors (Lipinski definition) is 0. The largest absolute Gasteiger partial charge is 0.379 e. The lowest BCUT2D eigenvalue weighted by atomic mass is 10.1. The summed E-state index contributed by atoms with van der Waals surface area (Å²) < 4.78 is 10.6. The molecule has 0 N–H and O–H groups in total. The first-order valence-corrected chi connectivity index (χ1v) is 8.90. The molecule has 0 saturated carbocycles. The molecule has 132 valence electrons. The van der Waals surface area contributed by atoms with Gasteiger partial charge in [-0.1, -0.05) is 6.07 Å². The summed E-state index contributed by atoms with van der Waals surface area (Å²) in [6.45, 7) is 7.93. The zero-order chi connectivity index (χ0) is 16.8. The highest BCUT2D eigenvalue weighted by molar-refractivity contribution is 5.78. The highest BCUT2D eigenvalue weighted by Crippen LogP contribution is 2.30. The average molecular weight is 333 g/mol. The molecule has 0 aliphatic carbocycles. The van der Waals surface area contributed by atoms with Gasteiger partial charge < -0.3 is 14.4 Å². The van der Waals surface area contributed by atoms with E-state index in [1.807, 2.05) is 18.0 Å². The molecule has 2 aliphatic rings. The second-order valence-electron chi connectivity index (χ2n) is 6.36. The normalized spacial score (nSPS) is 22.0. The first-order valence-electron chi connectivity index (χ1n) is 8.90. The molecule has 2 aliphatic heterocycles. The van der Waals surface area contributed by atoms with E-state index in [2.05, 4.69) is 22.0 Å². The minimum absolute atomic E-state index is 0.0681. The van der Waals surface area contributed by atoms with Crippen molar-refractivity contribution in [3.05, 3.63) is 29.6 Å². The van der Waals surface area contributed by atoms with E-state index in [1.165, 1.54) is 5.56 Å². The molecule has 0 radical (unpaired) electrons. The summed E-state index contributed by atoms with van der Waals surface area (Å²) in [5.41, 5.74) is 2.20. The molecule has 2 saturated heterocycles. The summed E-state index contributed by atoms with van der Waals surface area (Å²) in [5, 5.41) is 0. The Morgan fingerprint density at radius 2 is 2.17 bits per heavy atom. The molecule has 1 atom stereocenters. The fraction of sp³-hybridized carbons (Fsp3) is 0.667. The summed E-state index contributed by atoms with van der Waals surface area (Å²) >= 11 is 0. The molecule has 6 nitrogen and oxygen atoms in total. The highest BCUT2D eigenvalue weighted by atomic mass is 16.5. The summed E-state index contributed by atoms with van der Waals surface area (Å²) in [6.07, 6.45) is 3.96. The number of pyridine rings is 1. The fourth-order valence-corrected chi connectivity index (χ4v) is 3.39. The van der Waals surface area contributed by atoms with Crippen LogP contribution >= 0.6 is 0 Å². The van der Waals surface area contributed by atoms with Gasteiger partial charge in [0, 0.05) is 39.0 Å². The van der Waals surface area contributed by atoms with Crippen molar-refractivity contribution in [3.63, 3.8) is 0 Å². The van der Waals surface area contributed by atoms with Crippen LogP contribution in [0, 0.1) is 0 Å². The Bertz CT molecular complexity index is 529. The summed E-state index contributed by atoms with van der Waals surface area (Å²) in [6, 6.07) is 4.31. The third-order valence-corrected chi connectivity index (χ3v) is 4.70. The van der Waals surface area contributed by atoms with Crippen molar-refractivity contribution in [2.45, 2.75) is 32.4 Å². The maximum absolute atomic E-state index is 12.3. The van der Waals surface area contributed by atoms with Gasteiger partial charge in [-0.2, -0.15) is 0 Å². The van der Waals surface area contributed by atoms with Crippen molar-refractivity contribution < 1.29 is 14.3 Å². The molecule has 0 aromatic carbocycles. The van der Waals surface area contributed by atoms with Crippen molar-refractivity contribution in [1.82, 2.24) is 14.8 Å². The van der Waals surface area contributed by atoms with Gasteiger partial charge in [0.1, 0.15) is 6.61 Å². The van der Waals surface area contributed by atoms with Gasteiger partial charge in [0.2, 0.25) is 5.91 Å². The molecule has 0 unspecified atom stereocenters. The smallest absolute Gasteiger partial charge is 0.249 e. The minimum atomic E-state index is 0.0681. The van der Waals surface area contributed by atoms with Crippen LogP contribution in [0.25, 0.3) is 0 Å². The van der Waals surface area contributed by atoms with Crippen molar-refractivity contribution in [1.29, 1.82) is 0 Å². The van der Waals surface area contributed by atoms with Crippen LogP contribution < -0.4 is 0 Å². The Morgan fingerprint density at radius 1 is 1.33 bits per heavy atom. The third kappa shape index (κ3) is 4.32. The third-order valence-electron chi connectivity index (χ3n) is 4.70. The molecule has 0 bridgehead atoms. The number of carbonyl (C=O) groups excluding carboxylic acids is 1. The van der Waals surface area contributed by atoms with Crippen molar-refractivity contribution in [2.75, 3.05) is 46.1 Å². The van der Waals surface area contributed by atoms with E-state index in [0.29, 0.717) is 6.61 Å². The van der Waals surface area contributed by atoms with E-state index in [4.69, 9.17) is 9.47 Å². The van der Waals surface area contributed by atoms with Gasteiger partial charge in [0.15, 0.2) is 0 Å². The van der Waals surface area contributed by atoms with Crippen molar-refractivity contribution in [2.24, 2.45) is 0 Å². The Balaban J connectivity index is 1.60. The molecule has 6 heteroatoms. The molecule has 0 spiro atoms. The summed E-state index contributed by atoms with van der Waals surface area (Å²) in [4.78, 5) is 21.2. The van der Waals surface area contributed by atoms with Gasteiger partial charge in [-0.25, -0.2) is 0 Å². The first kappa shape index (κ1) is 17.3. The molecule has 1 aromatic rings. The lowest BCUT2D eigenvalue weighted by molar-refractivity contribution is -0.137. The number of carbonyl (C=O) groups is 1. The number of hydrogen-bond acceptors (Lipinski definition) is 5. The van der Waals surface area contributed by atoms with Crippen LogP contribution in [0.3, 0.4) is 0 Å². The maximum Gasteiger partial charge on any atom is 0.249 e. The van der Waals surface area contributed by atoms with Gasteiger partial charge in [-0.05, 0) is 31.4 Å². The van der Waals surface area contributed by atoms with Crippen molar-refractivity contribution in [3.8, 4) is 0 Å². The van der Waals surface area contributed by atoms with E-state index >= 15 is 0 Å². The molecule has 3 rings (SSSR count). The number of ether oxygens (including phenoxy) is 2. The molecular weight excluding hydrogens is 306 g/mol. The van der Waals surface area contributed by atoms with E-state index in [0.717, 1.165) is 57.9 Å². The topological polar surface area (TPSA) is 54.9 Å². The molecule has 2 fully saturated rings. The number of aromatic nitrogens is 1. The van der Waals surface area contributed by atoms with Gasteiger partial charge in [0.25, 0.3) is 0 Å². The number of amides is 1. The van der Waals surface area contributed by atoms with E-state index in [1.54, 1.807) is 0 Å². The SMILES string of the molecule is CCOCC(=O)N1CCC[C@@H]1c1ccc(CN2CCOCC2)cn1. The van der Waals surface area contributed by atoms with Gasteiger partial charge in [0.05, 0.1) is 24.9 Å². The second-order valence-corrected chi connectivity index (χ2v) is 6.36. The van der Waals surface area contributed by atoms with E-state index in [-0.39, 0.29) is 18.6 Å². The Kier molecular flexibility index (Phi) is 6.18. The summed E-state index contributed by atoms with van der Waals surface area (Å²) in [5.74, 6) is 0.0681. The average Bonchev–Trinajstić information content (AvgIpc) is 3.11. The number of likely N-dealkylation sites (tertiary alicyclic amines) is 1. The van der Waals surface area contributed by atoms with Crippen LogP contribution in [0.15, 0.2) is 18.3 Å². The molecular formula is C18H27N3O3.